The molecule has 0 saturated carbocycles. The van der Waals surface area contributed by atoms with Gasteiger partial charge in [-0.1, -0.05) is 6.07 Å². The summed E-state index contributed by atoms with van der Waals surface area (Å²) in [7, 11) is 0. The average Bonchev–Trinajstić information content (AvgIpc) is 3.61. The highest BCUT2D eigenvalue weighted by Crippen LogP contribution is 2.26. The van der Waals surface area contributed by atoms with E-state index in [1.54, 1.807) is 48.0 Å². The van der Waals surface area contributed by atoms with Crippen molar-refractivity contribution in [1.82, 2.24) is 19.7 Å². The molecule has 34 heavy (non-hydrogen) atoms. The van der Waals surface area contributed by atoms with Gasteiger partial charge in [0.15, 0.2) is 11.0 Å². The predicted molar refractivity (Wildman–Crippen MR) is 129 cm³/mol. The minimum atomic E-state index is -0.515. The van der Waals surface area contributed by atoms with Crippen molar-refractivity contribution >= 4 is 45.3 Å². The number of rotatable bonds is 6. The van der Waals surface area contributed by atoms with E-state index in [4.69, 9.17) is 0 Å². The minimum absolute atomic E-state index is 0.0432. The average molecular weight is 491 g/mol. The van der Waals surface area contributed by atoms with Gasteiger partial charge in [0.2, 0.25) is 5.82 Å². The number of hydrogen-bond acceptors (Lipinski definition) is 7. The lowest BCUT2D eigenvalue weighted by atomic mass is 10.2. The fraction of sp³-hybridized carbons (Fsp3) is 0. The summed E-state index contributed by atoms with van der Waals surface area (Å²) in [4.78, 5) is 34.4. The van der Waals surface area contributed by atoms with Gasteiger partial charge in [0, 0.05) is 22.8 Å². The summed E-state index contributed by atoms with van der Waals surface area (Å²) in [6.07, 6.45) is 1.61. The largest absolute Gasteiger partial charge is 0.319 e. The predicted octanol–water partition coefficient (Wildman–Crippen LogP) is 5.10. The second kappa shape index (κ2) is 9.33. The lowest BCUT2D eigenvalue weighted by Gasteiger charge is -2.05. The number of amides is 2. The van der Waals surface area contributed by atoms with Crippen molar-refractivity contribution in [2.24, 2.45) is 0 Å². The third-order valence-corrected chi connectivity index (χ3v) is 6.24. The zero-order chi connectivity index (χ0) is 23.5. The van der Waals surface area contributed by atoms with Crippen molar-refractivity contribution < 1.29 is 14.0 Å². The first kappa shape index (κ1) is 21.6. The number of aromatic nitrogens is 4. The third kappa shape index (κ3) is 4.60. The van der Waals surface area contributed by atoms with E-state index >= 15 is 0 Å². The van der Waals surface area contributed by atoms with Gasteiger partial charge in [-0.25, -0.2) is 19.0 Å². The summed E-state index contributed by atoms with van der Waals surface area (Å²) in [5.41, 5.74) is 1.48. The molecule has 0 saturated heterocycles. The summed E-state index contributed by atoms with van der Waals surface area (Å²) >= 11 is 2.77. The van der Waals surface area contributed by atoms with E-state index in [1.807, 2.05) is 17.5 Å². The molecule has 0 fully saturated rings. The Balaban J connectivity index is 1.36. The topological polar surface area (TPSA) is 102 Å². The summed E-state index contributed by atoms with van der Waals surface area (Å²) in [6, 6.07) is 15.9. The first-order valence-corrected chi connectivity index (χ1v) is 11.7. The van der Waals surface area contributed by atoms with Gasteiger partial charge >= 0.3 is 0 Å². The van der Waals surface area contributed by atoms with Crippen LogP contribution in [0.1, 0.15) is 21.0 Å². The molecule has 0 atom stereocenters. The highest BCUT2D eigenvalue weighted by molar-refractivity contribution is 7.14. The van der Waals surface area contributed by atoms with Gasteiger partial charge in [0.25, 0.3) is 11.8 Å². The third-order valence-electron chi connectivity index (χ3n) is 4.68. The van der Waals surface area contributed by atoms with Gasteiger partial charge in [0.1, 0.15) is 5.82 Å². The Morgan fingerprint density at radius 3 is 2.35 bits per heavy atom. The van der Waals surface area contributed by atoms with Crippen LogP contribution in [0.5, 0.6) is 0 Å². The number of thiazole rings is 1. The molecule has 0 bridgehead atoms. The first-order chi connectivity index (χ1) is 16.6. The molecule has 11 heteroatoms. The molecule has 0 spiro atoms. The molecular formula is C23H15FN6O2S2. The molecule has 2 amide bonds. The van der Waals surface area contributed by atoms with Crippen molar-refractivity contribution in [1.29, 1.82) is 0 Å². The number of benzene rings is 2. The van der Waals surface area contributed by atoms with Crippen LogP contribution >= 0.6 is 22.7 Å². The maximum atomic E-state index is 13.4. The van der Waals surface area contributed by atoms with Crippen molar-refractivity contribution in [3.8, 4) is 16.4 Å². The summed E-state index contributed by atoms with van der Waals surface area (Å²) in [6.45, 7) is 0. The van der Waals surface area contributed by atoms with Crippen molar-refractivity contribution in [3.63, 3.8) is 0 Å². The molecule has 0 radical (unpaired) electrons. The molecule has 5 rings (SSSR count). The molecule has 2 aromatic carbocycles. The van der Waals surface area contributed by atoms with E-state index in [0.717, 1.165) is 4.88 Å². The minimum Gasteiger partial charge on any atom is -0.319 e. The van der Waals surface area contributed by atoms with Crippen LogP contribution in [0.4, 0.5) is 15.2 Å². The zero-order valence-corrected chi connectivity index (χ0v) is 18.9. The van der Waals surface area contributed by atoms with Gasteiger partial charge in [-0.05, 0) is 60.0 Å². The van der Waals surface area contributed by atoms with Crippen molar-refractivity contribution in [3.05, 3.63) is 94.8 Å². The second-order valence-electron chi connectivity index (χ2n) is 6.95. The Labute approximate surface area is 200 Å². The van der Waals surface area contributed by atoms with Crippen LogP contribution in [0.3, 0.4) is 0 Å². The van der Waals surface area contributed by atoms with Crippen LogP contribution in [0.15, 0.2) is 77.6 Å². The van der Waals surface area contributed by atoms with Crippen LogP contribution in [-0.4, -0.2) is 31.6 Å². The molecule has 0 aliphatic rings. The fourth-order valence-corrected chi connectivity index (χ4v) is 4.30. The van der Waals surface area contributed by atoms with Crippen LogP contribution in [-0.2, 0) is 0 Å². The lowest BCUT2D eigenvalue weighted by Crippen LogP contribution is -2.15. The molecule has 2 N–H and O–H groups in total. The van der Waals surface area contributed by atoms with Crippen LogP contribution in [0, 0.1) is 5.82 Å². The van der Waals surface area contributed by atoms with Gasteiger partial charge < -0.3 is 5.32 Å². The molecule has 8 nitrogen and oxygen atoms in total. The first-order valence-electron chi connectivity index (χ1n) is 9.96. The molecule has 5 aromatic rings. The summed E-state index contributed by atoms with van der Waals surface area (Å²) in [5, 5.41) is 14.0. The van der Waals surface area contributed by atoms with Crippen molar-refractivity contribution in [2.75, 3.05) is 10.6 Å². The van der Waals surface area contributed by atoms with E-state index in [9.17, 15) is 14.0 Å². The van der Waals surface area contributed by atoms with Gasteiger partial charge in [-0.3, -0.25) is 14.9 Å². The standard InChI is InChI=1S/C23H15FN6O2S2/c24-15-5-9-17(10-6-15)30-20(18-2-1-12-33-18)27-19(29-30)22(32)26-16-7-3-14(4-8-16)21(31)28-23-25-11-13-34-23/h1-13H,(H,26,32)(H,25,28,31). The normalized spacial score (nSPS) is 10.7. The number of thiophene rings is 1. The number of halogens is 1. The maximum absolute atomic E-state index is 13.4. The monoisotopic (exact) mass is 490 g/mol. The Bertz CT molecular complexity index is 1430. The van der Waals surface area contributed by atoms with E-state index in [2.05, 4.69) is 25.7 Å². The van der Waals surface area contributed by atoms with E-state index in [0.29, 0.717) is 27.9 Å². The number of nitrogens with zero attached hydrogens (tertiary/aromatic N) is 4. The van der Waals surface area contributed by atoms with Gasteiger partial charge in [-0.15, -0.1) is 27.8 Å². The molecule has 0 aliphatic carbocycles. The number of anilines is 2. The number of hydrogen-bond donors (Lipinski definition) is 2. The van der Waals surface area contributed by atoms with E-state index in [-0.39, 0.29) is 17.5 Å². The quantitative estimate of drug-likeness (QED) is 0.345. The highest BCUT2D eigenvalue weighted by atomic mass is 32.1. The lowest BCUT2D eigenvalue weighted by molar-refractivity contribution is 0.101. The second-order valence-corrected chi connectivity index (χ2v) is 8.79. The number of carbonyl (C=O) groups excluding carboxylic acids is 2. The molecule has 168 valence electrons. The summed E-state index contributed by atoms with van der Waals surface area (Å²) < 4.78 is 14.9. The SMILES string of the molecule is O=C(Nc1nccs1)c1ccc(NC(=O)c2nc(-c3cccs3)n(-c3ccc(F)cc3)n2)cc1. The van der Waals surface area contributed by atoms with E-state index < -0.39 is 5.91 Å². The Morgan fingerprint density at radius 1 is 0.882 bits per heavy atom. The molecule has 3 heterocycles. The Kier molecular flexibility index (Phi) is 5.93. The maximum Gasteiger partial charge on any atom is 0.295 e. The Hall–Kier alpha value is -4.22. The molecule has 0 unspecified atom stereocenters. The van der Waals surface area contributed by atoms with Crippen LogP contribution in [0.25, 0.3) is 16.4 Å². The molecule has 3 aromatic heterocycles. The van der Waals surface area contributed by atoms with Crippen LogP contribution < -0.4 is 10.6 Å². The number of carbonyl (C=O) groups is 2. The fourth-order valence-electron chi connectivity index (χ4n) is 3.08. The van der Waals surface area contributed by atoms with Gasteiger partial charge in [0.05, 0.1) is 10.6 Å². The van der Waals surface area contributed by atoms with E-state index in [1.165, 1.54) is 39.5 Å². The summed E-state index contributed by atoms with van der Waals surface area (Å²) in [5.74, 6) is -0.755. The number of nitrogens with one attached hydrogen (secondary N) is 2. The van der Waals surface area contributed by atoms with Crippen molar-refractivity contribution in [2.45, 2.75) is 0 Å². The van der Waals surface area contributed by atoms with Gasteiger partial charge in [-0.2, -0.15) is 0 Å². The molecule has 0 aliphatic heterocycles. The zero-order valence-electron chi connectivity index (χ0n) is 17.3. The highest BCUT2D eigenvalue weighted by Gasteiger charge is 2.20. The smallest absolute Gasteiger partial charge is 0.295 e. The molecular weight excluding hydrogens is 475 g/mol. The van der Waals surface area contributed by atoms with Crippen LogP contribution in [0.2, 0.25) is 0 Å². The Morgan fingerprint density at radius 2 is 1.68 bits per heavy atom.